The van der Waals surface area contributed by atoms with Gasteiger partial charge < -0.3 is 41.6 Å². The van der Waals surface area contributed by atoms with Crippen LogP contribution in [0.4, 0.5) is 11.4 Å². The smallest absolute Gasteiger partial charge is 0.337 e. The van der Waals surface area contributed by atoms with Crippen molar-refractivity contribution in [1.82, 2.24) is 25.8 Å². The number of nitrogens with zero attached hydrogens (tertiary/aromatic N) is 3. The van der Waals surface area contributed by atoms with E-state index in [-0.39, 0.29) is 55.4 Å². The van der Waals surface area contributed by atoms with Crippen LogP contribution in [0.25, 0.3) is 0 Å². The van der Waals surface area contributed by atoms with Gasteiger partial charge in [-0.1, -0.05) is 58.4 Å². The summed E-state index contributed by atoms with van der Waals surface area (Å²) in [5, 5.41) is 45.2. The van der Waals surface area contributed by atoms with E-state index in [9.17, 15) is 44.3 Å². The number of anilines is 2. The molecule has 7 N–H and O–H groups in total. The van der Waals surface area contributed by atoms with E-state index < -0.39 is 46.8 Å². The molecule has 3 rings (SSSR count). The van der Waals surface area contributed by atoms with Crippen LogP contribution in [-0.2, 0) is 30.4 Å². The van der Waals surface area contributed by atoms with Crippen LogP contribution in [-0.4, -0.2) is 112 Å². The van der Waals surface area contributed by atoms with Gasteiger partial charge in [0, 0.05) is 56.4 Å². The Morgan fingerprint density at radius 3 is 1.79 bits per heavy atom. The van der Waals surface area contributed by atoms with Crippen molar-refractivity contribution in [1.29, 1.82) is 0 Å². The van der Waals surface area contributed by atoms with Gasteiger partial charge >= 0.3 is 17.8 Å². The zero-order valence-electron chi connectivity index (χ0n) is 32.3. The third kappa shape index (κ3) is 16.2. The molecule has 18 heteroatoms. The third-order valence-corrected chi connectivity index (χ3v) is 8.90. The summed E-state index contributed by atoms with van der Waals surface area (Å²) < 4.78 is 0. The van der Waals surface area contributed by atoms with E-state index >= 15 is 0 Å². The quantitative estimate of drug-likeness (QED) is 0.0754. The molecule has 3 atom stereocenters. The summed E-state index contributed by atoms with van der Waals surface area (Å²) >= 11 is 5.88. The van der Waals surface area contributed by atoms with Gasteiger partial charge in [-0.2, -0.15) is 0 Å². The van der Waals surface area contributed by atoms with E-state index in [1.54, 1.807) is 48.5 Å². The van der Waals surface area contributed by atoms with E-state index in [0.29, 0.717) is 48.1 Å². The lowest BCUT2D eigenvalue weighted by Crippen LogP contribution is -2.58. The first-order chi connectivity index (χ1) is 26.3. The number of aliphatic carboxylic acids is 2. The van der Waals surface area contributed by atoms with Crippen LogP contribution in [0.2, 0.25) is 5.02 Å². The van der Waals surface area contributed by atoms with Crippen LogP contribution < -0.4 is 26.6 Å². The van der Waals surface area contributed by atoms with Crippen molar-refractivity contribution in [3.63, 3.8) is 0 Å². The average Bonchev–Trinajstić information content (AvgIpc) is 3.10. The lowest BCUT2D eigenvalue weighted by molar-refractivity contribution is -0.422. The number of halogens is 1. The van der Waals surface area contributed by atoms with E-state index in [1.807, 2.05) is 44.4 Å². The summed E-state index contributed by atoms with van der Waals surface area (Å²) in [4.78, 5) is 77.7. The number of amides is 3. The second kappa shape index (κ2) is 21.2. The lowest BCUT2D eigenvalue weighted by Gasteiger charge is -2.37. The van der Waals surface area contributed by atoms with Crippen LogP contribution >= 0.6 is 11.6 Å². The Labute approximate surface area is 331 Å². The van der Waals surface area contributed by atoms with Crippen LogP contribution in [0.3, 0.4) is 0 Å². The maximum atomic E-state index is 13.4. The Hall–Kier alpha value is -5.26. The lowest BCUT2D eigenvalue weighted by atomic mass is 9.92. The average molecular weight is 801 g/mol. The minimum Gasteiger partial charge on any atom is -0.480 e. The Morgan fingerprint density at radius 1 is 0.804 bits per heavy atom. The molecule has 2 aromatic rings. The van der Waals surface area contributed by atoms with Crippen LogP contribution in [0.5, 0.6) is 0 Å². The summed E-state index contributed by atoms with van der Waals surface area (Å²) in [6.45, 7) is 11.2. The van der Waals surface area contributed by atoms with Crippen molar-refractivity contribution >= 4 is 52.6 Å². The normalized spacial score (nSPS) is 15.6. The SMILES string of the molecule is CC(C)CC(NC(=O)Cc1ccc(NC=C(Nc2ccc(Cl)cc2)[N+](=O)[O-])cc1)C(=O)NC(CN1CCN(CC(NC(=O)CC(C)(C)C)C(=O)O)CC1)C(=O)O. The number of benzene rings is 2. The second-order valence-corrected chi connectivity index (χ2v) is 15.8. The minimum absolute atomic E-state index is 0.00213. The molecular formula is C38H53ClN8O9. The monoisotopic (exact) mass is 800 g/mol. The molecule has 0 bridgehead atoms. The van der Waals surface area contributed by atoms with Gasteiger partial charge in [-0.3, -0.25) is 24.2 Å². The number of rotatable bonds is 20. The molecule has 56 heavy (non-hydrogen) atoms. The predicted octanol–water partition coefficient (Wildman–Crippen LogP) is 3.21. The van der Waals surface area contributed by atoms with Gasteiger partial charge in [0.1, 0.15) is 23.8 Å². The van der Waals surface area contributed by atoms with Crippen LogP contribution in [0.1, 0.15) is 53.0 Å². The second-order valence-electron chi connectivity index (χ2n) is 15.4. The maximum absolute atomic E-state index is 13.4. The van der Waals surface area contributed by atoms with Crippen LogP contribution in [0, 0.1) is 21.4 Å². The minimum atomic E-state index is -1.27. The number of hydrogen-bond donors (Lipinski definition) is 7. The van der Waals surface area contributed by atoms with Crippen LogP contribution in [0.15, 0.2) is 60.6 Å². The molecule has 0 spiro atoms. The first kappa shape index (κ1) is 45.1. The predicted molar refractivity (Wildman–Crippen MR) is 211 cm³/mol. The molecule has 17 nitrogen and oxygen atoms in total. The summed E-state index contributed by atoms with van der Waals surface area (Å²) in [5.41, 5.74) is 1.31. The first-order valence-corrected chi connectivity index (χ1v) is 18.7. The standard InChI is InChI=1S/C38H53ClN8O9/c1-24(2)18-29(42-33(48)19-25-6-10-27(11-7-25)40-21-32(47(55)56)41-28-12-8-26(39)9-13-28)35(50)44-31(37(53)54)23-46-16-14-45(15-17-46)22-30(36(51)52)43-34(49)20-38(3,4)5/h6-13,21,24,29-31,40-41H,14-20,22-23H2,1-5H3,(H,42,48)(H,43,49)(H,44,50)(H,51,52)(H,53,54). The number of piperazine rings is 1. The molecule has 1 heterocycles. The molecule has 3 amide bonds. The number of carboxylic acids is 2. The zero-order chi connectivity index (χ0) is 41.6. The van der Waals surface area contributed by atoms with Gasteiger partial charge in [-0.15, -0.1) is 0 Å². The highest BCUT2D eigenvalue weighted by Crippen LogP contribution is 2.19. The Kier molecular flexibility index (Phi) is 17.0. The number of carbonyl (C=O) groups excluding carboxylic acids is 3. The number of carbonyl (C=O) groups is 5. The molecule has 1 fully saturated rings. The zero-order valence-corrected chi connectivity index (χ0v) is 33.1. The molecule has 1 aliphatic heterocycles. The fourth-order valence-electron chi connectivity index (χ4n) is 5.86. The van der Waals surface area contributed by atoms with Crippen molar-refractivity contribution in [3.8, 4) is 0 Å². The van der Waals surface area contributed by atoms with E-state index in [2.05, 4.69) is 26.6 Å². The molecule has 306 valence electrons. The van der Waals surface area contributed by atoms with Crippen molar-refractivity contribution < 1.29 is 39.1 Å². The van der Waals surface area contributed by atoms with Crippen molar-refractivity contribution in [2.45, 2.75) is 72.0 Å². The van der Waals surface area contributed by atoms with E-state index in [1.165, 1.54) is 6.20 Å². The van der Waals surface area contributed by atoms with Crippen molar-refractivity contribution in [3.05, 3.63) is 81.3 Å². The fraction of sp³-hybridized carbons (Fsp3) is 0.500. The molecule has 0 aromatic heterocycles. The largest absolute Gasteiger partial charge is 0.480 e. The Balaban J connectivity index is 1.53. The molecule has 1 aliphatic rings. The Morgan fingerprint density at radius 2 is 1.30 bits per heavy atom. The first-order valence-electron chi connectivity index (χ1n) is 18.3. The fourth-order valence-corrected chi connectivity index (χ4v) is 5.99. The molecule has 2 aromatic carbocycles. The number of hydrogen-bond acceptors (Lipinski definition) is 11. The van der Waals surface area contributed by atoms with Crippen molar-refractivity contribution in [2.75, 3.05) is 49.9 Å². The number of nitro groups is 1. The number of carboxylic acid groups (broad SMARTS) is 2. The highest BCUT2D eigenvalue weighted by Gasteiger charge is 2.31. The van der Waals surface area contributed by atoms with Gasteiger partial charge in [-0.25, -0.2) is 14.9 Å². The molecular weight excluding hydrogens is 748 g/mol. The number of nitrogens with one attached hydrogen (secondary N) is 5. The van der Waals surface area contributed by atoms with Gasteiger partial charge in [0.15, 0.2) is 0 Å². The summed E-state index contributed by atoms with van der Waals surface area (Å²) in [7, 11) is 0. The highest BCUT2D eigenvalue weighted by molar-refractivity contribution is 6.30. The molecule has 0 radical (unpaired) electrons. The van der Waals surface area contributed by atoms with Gasteiger partial charge in [0.25, 0.3) is 0 Å². The molecule has 0 saturated carbocycles. The van der Waals surface area contributed by atoms with Crippen molar-refractivity contribution in [2.24, 2.45) is 11.3 Å². The van der Waals surface area contributed by atoms with E-state index in [4.69, 9.17) is 11.6 Å². The van der Waals surface area contributed by atoms with Gasteiger partial charge in [0.2, 0.25) is 17.7 Å². The van der Waals surface area contributed by atoms with Gasteiger partial charge in [0.05, 0.1) is 12.6 Å². The summed E-state index contributed by atoms with van der Waals surface area (Å²) in [6, 6.07) is 9.67. The molecule has 3 unspecified atom stereocenters. The highest BCUT2D eigenvalue weighted by atomic mass is 35.5. The Bertz CT molecular complexity index is 1710. The topological polar surface area (TPSA) is 236 Å². The molecule has 0 aliphatic carbocycles. The van der Waals surface area contributed by atoms with Gasteiger partial charge in [-0.05, 0) is 64.6 Å². The summed E-state index contributed by atoms with van der Waals surface area (Å²) in [6.07, 6.45) is 1.57. The summed E-state index contributed by atoms with van der Waals surface area (Å²) in [5.74, 6) is -4.12. The third-order valence-electron chi connectivity index (χ3n) is 8.65. The molecule has 1 saturated heterocycles. The maximum Gasteiger partial charge on any atom is 0.337 e. The van der Waals surface area contributed by atoms with E-state index in [0.717, 1.165) is 0 Å².